The van der Waals surface area contributed by atoms with Gasteiger partial charge in [0.1, 0.15) is 13.1 Å². The van der Waals surface area contributed by atoms with Gasteiger partial charge in [-0.2, -0.15) is 0 Å². The third kappa shape index (κ3) is 5.62. The molecule has 6 nitrogen and oxygen atoms in total. The molecule has 2 aromatic rings. The molecule has 0 aliphatic heterocycles. The van der Waals surface area contributed by atoms with E-state index in [-0.39, 0.29) is 13.1 Å². The van der Waals surface area contributed by atoms with Crippen molar-refractivity contribution in [3.8, 4) is 11.1 Å². The number of carbonyl (C=O) groups excluding carboxylic acids is 3. The summed E-state index contributed by atoms with van der Waals surface area (Å²) in [6, 6.07) is 17.5. The van der Waals surface area contributed by atoms with E-state index in [4.69, 9.17) is 11.5 Å². The Morgan fingerprint density at radius 3 is 2.04 bits per heavy atom. The van der Waals surface area contributed by atoms with E-state index in [9.17, 15) is 14.4 Å². The molecule has 0 spiro atoms. The molecule has 0 radical (unpaired) electrons. The second kappa shape index (κ2) is 8.44. The first-order valence-corrected chi connectivity index (χ1v) is 7.65. The number of benzene rings is 2. The Balaban J connectivity index is 2.15. The zero-order valence-corrected chi connectivity index (χ0v) is 13.6. The Kier molecular flexibility index (Phi) is 6.06. The van der Waals surface area contributed by atoms with Crippen molar-refractivity contribution < 1.29 is 14.4 Å². The number of nitrogens with two attached hydrogens (primary N) is 2. The molecule has 0 heterocycles. The van der Waals surface area contributed by atoms with Crippen LogP contribution in [0.3, 0.4) is 0 Å². The number of nitrogens with zero attached hydrogens (tertiary/aromatic N) is 1. The SMILES string of the molecule is NC(=O)CN(CC(N)=O)C(=O)/C=C/c1cccc(-c2ccccc2)c1. The van der Waals surface area contributed by atoms with Crippen LogP contribution < -0.4 is 11.5 Å². The minimum atomic E-state index is -0.714. The van der Waals surface area contributed by atoms with Gasteiger partial charge in [-0.3, -0.25) is 14.4 Å². The first-order chi connectivity index (χ1) is 12.0. The van der Waals surface area contributed by atoms with E-state index in [0.717, 1.165) is 21.6 Å². The highest BCUT2D eigenvalue weighted by atomic mass is 16.2. The van der Waals surface area contributed by atoms with Gasteiger partial charge in [0.25, 0.3) is 0 Å². The highest BCUT2D eigenvalue weighted by molar-refractivity contribution is 5.96. The topological polar surface area (TPSA) is 106 Å². The Morgan fingerprint density at radius 2 is 1.44 bits per heavy atom. The second-order valence-corrected chi connectivity index (χ2v) is 5.45. The Bertz CT molecular complexity index is 785. The van der Waals surface area contributed by atoms with Gasteiger partial charge in [-0.15, -0.1) is 0 Å². The molecule has 0 aliphatic carbocycles. The van der Waals surface area contributed by atoms with Gasteiger partial charge in [0.2, 0.25) is 17.7 Å². The first kappa shape index (κ1) is 17.9. The van der Waals surface area contributed by atoms with Crippen molar-refractivity contribution in [3.63, 3.8) is 0 Å². The second-order valence-electron chi connectivity index (χ2n) is 5.45. The van der Waals surface area contributed by atoms with Crippen LogP contribution in [0, 0.1) is 0 Å². The van der Waals surface area contributed by atoms with E-state index >= 15 is 0 Å². The summed E-state index contributed by atoms with van der Waals surface area (Å²) in [5.74, 6) is -1.94. The van der Waals surface area contributed by atoms with Gasteiger partial charge in [0.15, 0.2) is 0 Å². The van der Waals surface area contributed by atoms with Crippen LogP contribution in [-0.2, 0) is 14.4 Å². The van der Waals surface area contributed by atoms with Crippen LogP contribution in [0.5, 0.6) is 0 Å². The van der Waals surface area contributed by atoms with E-state index in [1.807, 2.05) is 54.6 Å². The standard InChI is InChI=1S/C19H19N3O3/c20-17(23)12-22(13-18(21)24)19(25)10-9-14-5-4-8-16(11-14)15-6-2-1-3-7-15/h1-11H,12-13H2,(H2,20,23)(H2,21,24)/b10-9+. The predicted molar refractivity (Wildman–Crippen MR) is 95.9 cm³/mol. The maximum Gasteiger partial charge on any atom is 0.247 e. The molecular formula is C19H19N3O3. The number of hydrogen-bond donors (Lipinski definition) is 2. The van der Waals surface area contributed by atoms with Crippen LogP contribution in [0.4, 0.5) is 0 Å². The first-order valence-electron chi connectivity index (χ1n) is 7.65. The molecule has 2 aromatic carbocycles. The third-order valence-electron chi connectivity index (χ3n) is 3.42. The van der Waals surface area contributed by atoms with Crippen LogP contribution in [-0.4, -0.2) is 35.7 Å². The van der Waals surface area contributed by atoms with Gasteiger partial charge in [-0.1, -0.05) is 48.5 Å². The summed E-state index contributed by atoms with van der Waals surface area (Å²) in [4.78, 5) is 35.2. The summed E-state index contributed by atoms with van der Waals surface area (Å²) in [5, 5.41) is 0. The molecular weight excluding hydrogens is 318 g/mol. The average molecular weight is 337 g/mol. The maximum atomic E-state index is 12.2. The lowest BCUT2D eigenvalue weighted by Gasteiger charge is -2.17. The lowest BCUT2D eigenvalue weighted by atomic mass is 10.0. The van der Waals surface area contributed by atoms with Crippen molar-refractivity contribution in [3.05, 3.63) is 66.2 Å². The fraction of sp³-hybridized carbons (Fsp3) is 0.105. The molecule has 0 bridgehead atoms. The number of rotatable bonds is 7. The number of carbonyl (C=O) groups is 3. The minimum absolute atomic E-state index is 0.365. The van der Waals surface area contributed by atoms with E-state index in [0.29, 0.717) is 0 Å². The quantitative estimate of drug-likeness (QED) is 0.740. The summed E-state index contributed by atoms with van der Waals surface area (Å²) in [6.07, 6.45) is 2.90. The van der Waals surface area contributed by atoms with Gasteiger partial charge in [0, 0.05) is 6.08 Å². The Hall–Kier alpha value is -3.41. The summed E-state index contributed by atoms with van der Waals surface area (Å²) in [6.45, 7) is -0.730. The van der Waals surface area contributed by atoms with Crippen LogP contribution >= 0.6 is 0 Å². The normalized spacial score (nSPS) is 10.6. The summed E-state index contributed by atoms with van der Waals surface area (Å²) in [7, 11) is 0. The van der Waals surface area contributed by atoms with Gasteiger partial charge in [-0.25, -0.2) is 0 Å². The predicted octanol–water partition coefficient (Wildman–Crippen LogP) is 1.17. The van der Waals surface area contributed by atoms with Crippen molar-refractivity contribution in [1.29, 1.82) is 0 Å². The van der Waals surface area contributed by atoms with Crippen molar-refractivity contribution in [2.75, 3.05) is 13.1 Å². The Morgan fingerprint density at radius 1 is 0.840 bits per heavy atom. The summed E-state index contributed by atoms with van der Waals surface area (Å²) in [5.41, 5.74) is 13.1. The Labute approximate surface area is 145 Å². The number of amides is 3. The van der Waals surface area contributed by atoms with Crippen molar-refractivity contribution in [1.82, 2.24) is 4.90 Å². The van der Waals surface area contributed by atoms with E-state index < -0.39 is 17.7 Å². The molecule has 0 fully saturated rings. The maximum absolute atomic E-state index is 12.2. The molecule has 128 valence electrons. The fourth-order valence-corrected chi connectivity index (χ4v) is 2.31. The number of primary amides is 2. The van der Waals surface area contributed by atoms with E-state index in [1.165, 1.54) is 6.08 Å². The highest BCUT2D eigenvalue weighted by Gasteiger charge is 2.15. The molecule has 25 heavy (non-hydrogen) atoms. The van der Waals surface area contributed by atoms with Gasteiger partial charge < -0.3 is 16.4 Å². The summed E-state index contributed by atoms with van der Waals surface area (Å²) >= 11 is 0. The number of hydrogen-bond acceptors (Lipinski definition) is 3. The van der Waals surface area contributed by atoms with Crippen molar-refractivity contribution >= 4 is 23.8 Å². The molecule has 3 amide bonds. The average Bonchev–Trinajstić information content (AvgIpc) is 2.59. The summed E-state index contributed by atoms with van der Waals surface area (Å²) < 4.78 is 0. The fourth-order valence-electron chi connectivity index (χ4n) is 2.31. The zero-order valence-electron chi connectivity index (χ0n) is 13.6. The largest absolute Gasteiger partial charge is 0.368 e. The van der Waals surface area contributed by atoms with E-state index in [2.05, 4.69) is 0 Å². The monoisotopic (exact) mass is 337 g/mol. The molecule has 0 aromatic heterocycles. The molecule has 0 atom stereocenters. The van der Waals surface area contributed by atoms with Crippen molar-refractivity contribution in [2.45, 2.75) is 0 Å². The molecule has 6 heteroatoms. The lowest BCUT2D eigenvalue weighted by Crippen LogP contribution is -2.42. The van der Waals surface area contributed by atoms with Gasteiger partial charge in [-0.05, 0) is 28.8 Å². The van der Waals surface area contributed by atoms with E-state index in [1.54, 1.807) is 6.08 Å². The molecule has 4 N–H and O–H groups in total. The lowest BCUT2D eigenvalue weighted by molar-refractivity contribution is -0.134. The third-order valence-corrected chi connectivity index (χ3v) is 3.42. The molecule has 2 rings (SSSR count). The minimum Gasteiger partial charge on any atom is -0.368 e. The molecule has 0 aliphatic rings. The molecule has 0 saturated carbocycles. The zero-order chi connectivity index (χ0) is 18.2. The molecule has 0 unspecified atom stereocenters. The van der Waals surface area contributed by atoms with Crippen molar-refractivity contribution in [2.24, 2.45) is 11.5 Å². The van der Waals surface area contributed by atoms with Crippen LogP contribution in [0.2, 0.25) is 0 Å². The van der Waals surface area contributed by atoms with Crippen LogP contribution in [0.25, 0.3) is 17.2 Å². The highest BCUT2D eigenvalue weighted by Crippen LogP contribution is 2.20. The van der Waals surface area contributed by atoms with Crippen LogP contribution in [0.15, 0.2) is 60.7 Å². The van der Waals surface area contributed by atoms with Gasteiger partial charge in [0.05, 0.1) is 0 Å². The van der Waals surface area contributed by atoms with Gasteiger partial charge >= 0.3 is 0 Å². The molecule has 0 saturated heterocycles. The smallest absolute Gasteiger partial charge is 0.247 e. The van der Waals surface area contributed by atoms with Crippen LogP contribution in [0.1, 0.15) is 5.56 Å².